The van der Waals surface area contributed by atoms with Gasteiger partial charge in [-0.2, -0.15) is 0 Å². The van der Waals surface area contributed by atoms with Gasteiger partial charge >= 0.3 is 0 Å². The Morgan fingerprint density at radius 3 is 2.85 bits per heavy atom. The van der Waals surface area contributed by atoms with Crippen molar-refractivity contribution in [3.8, 4) is 11.5 Å². The van der Waals surface area contributed by atoms with Crippen LogP contribution in [0.25, 0.3) is 22.6 Å². The minimum atomic E-state index is -0.0542. The normalized spacial score (nSPS) is 11.2. The molecule has 0 amide bonds. The van der Waals surface area contributed by atoms with Gasteiger partial charge in [-0.05, 0) is 42.7 Å². The van der Waals surface area contributed by atoms with Crippen LogP contribution in [0.15, 0.2) is 45.6 Å². The standard InChI is InChI=1S/C17H17NO2/c1-2-3-4-5-12-6-8-14-16(10-12)20-17-11-13(19)7-9-15(17)18-14/h6-11H,2-5H2,1H3. The number of hydrogen-bond donors (Lipinski definition) is 0. The SMILES string of the molecule is CCCCCc1ccc2nc3ccc(=O)cc-3oc2c1. The molecule has 0 N–H and O–H groups in total. The number of rotatable bonds is 4. The second kappa shape index (κ2) is 5.45. The molecule has 3 nitrogen and oxygen atoms in total. The second-order valence-corrected chi connectivity index (χ2v) is 5.10. The summed E-state index contributed by atoms with van der Waals surface area (Å²) in [5.41, 5.74) is 3.50. The lowest BCUT2D eigenvalue weighted by Gasteiger charge is -2.07. The van der Waals surface area contributed by atoms with E-state index in [1.54, 1.807) is 6.07 Å². The molecule has 0 saturated carbocycles. The molecule has 0 radical (unpaired) electrons. The fourth-order valence-corrected chi connectivity index (χ4v) is 2.38. The summed E-state index contributed by atoms with van der Waals surface area (Å²) in [5, 5.41) is 0. The Balaban J connectivity index is 2.02. The van der Waals surface area contributed by atoms with Gasteiger partial charge in [0.2, 0.25) is 0 Å². The van der Waals surface area contributed by atoms with Crippen molar-refractivity contribution in [3.05, 3.63) is 52.2 Å². The summed E-state index contributed by atoms with van der Waals surface area (Å²) in [6.07, 6.45) is 4.70. The smallest absolute Gasteiger partial charge is 0.182 e. The molecule has 0 spiro atoms. The number of nitrogens with zero attached hydrogens (tertiary/aromatic N) is 1. The topological polar surface area (TPSA) is 43.1 Å². The molecule has 0 unspecified atom stereocenters. The van der Waals surface area contributed by atoms with Gasteiger partial charge < -0.3 is 4.42 Å². The van der Waals surface area contributed by atoms with Crippen LogP contribution < -0.4 is 5.43 Å². The van der Waals surface area contributed by atoms with Crippen LogP contribution >= 0.6 is 0 Å². The number of hydrogen-bond acceptors (Lipinski definition) is 3. The van der Waals surface area contributed by atoms with Crippen LogP contribution in [0, 0.1) is 0 Å². The summed E-state index contributed by atoms with van der Waals surface area (Å²) < 4.78 is 5.81. The summed E-state index contributed by atoms with van der Waals surface area (Å²) in [7, 11) is 0. The molecule has 0 saturated heterocycles. The van der Waals surface area contributed by atoms with Gasteiger partial charge in [0.1, 0.15) is 11.2 Å². The highest BCUT2D eigenvalue weighted by molar-refractivity contribution is 5.76. The molecule has 1 aromatic rings. The lowest BCUT2D eigenvalue weighted by Crippen LogP contribution is -1.99. The zero-order valence-electron chi connectivity index (χ0n) is 11.6. The third kappa shape index (κ3) is 2.57. The molecule has 0 atom stereocenters. The van der Waals surface area contributed by atoms with Crippen molar-refractivity contribution < 1.29 is 4.42 Å². The van der Waals surface area contributed by atoms with Crippen molar-refractivity contribution in [2.45, 2.75) is 32.6 Å². The van der Waals surface area contributed by atoms with Crippen molar-refractivity contribution in [2.24, 2.45) is 0 Å². The predicted octanol–water partition coefficient (Wildman–Crippen LogP) is 4.03. The molecule has 1 aliphatic heterocycles. The molecule has 20 heavy (non-hydrogen) atoms. The summed E-state index contributed by atoms with van der Waals surface area (Å²) in [6.45, 7) is 2.20. The lowest BCUT2D eigenvalue weighted by atomic mass is 10.1. The average Bonchev–Trinajstić information content (AvgIpc) is 2.45. The summed E-state index contributed by atoms with van der Waals surface area (Å²) in [4.78, 5) is 15.9. The van der Waals surface area contributed by atoms with E-state index in [2.05, 4.69) is 18.0 Å². The van der Waals surface area contributed by atoms with Crippen LogP contribution in [0.4, 0.5) is 0 Å². The molecule has 1 aliphatic carbocycles. The first-order chi connectivity index (χ1) is 9.76. The maximum Gasteiger partial charge on any atom is 0.182 e. The molecule has 3 rings (SSSR count). The summed E-state index contributed by atoms with van der Waals surface area (Å²) >= 11 is 0. The summed E-state index contributed by atoms with van der Waals surface area (Å²) in [5.74, 6) is 0.552. The van der Waals surface area contributed by atoms with E-state index in [1.165, 1.54) is 37.0 Å². The van der Waals surface area contributed by atoms with Gasteiger partial charge in [0.15, 0.2) is 16.8 Å². The number of benzene rings is 2. The fourth-order valence-electron chi connectivity index (χ4n) is 2.38. The van der Waals surface area contributed by atoms with E-state index in [9.17, 15) is 4.79 Å². The van der Waals surface area contributed by atoms with Crippen LogP contribution in [0.1, 0.15) is 31.7 Å². The van der Waals surface area contributed by atoms with Crippen molar-refractivity contribution in [2.75, 3.05) is 0 Å². The molecule has 1 aromatic carbocycles. The van der Waals surface area contributed by atoms with E-state index in [4.69, 9.17) is 4.42 Å². The Morgan fingerprint density at radius 2 is 2.00 bits per heavy atom. The molecule has 0 fully saturated rings. The first-order valence-corrected chi connectivity index (χ1v) is 7.10. The predicted molar refractivity (Wildman–Crippen MR) is 80.1 cm³/mol. The Morgan fingerprint density at radius 1 is 1.10 bits per heavy atom. The molecule has 0 aromatic heterocycles. The monoisotopic (exact) mass is 267 g/mol. The fraction of sp³-hybridized carbons (Fsp3) is 0.294. The van der Waals surface area contributed by atoms with E-state index in [-0.39, 0.29) is 5.43 Å². The van der Waals surface area contributed by atoms with Gasteiger partial charge in [-0.25, -0.2) is 4.98 Å². The number of aromatic nitrogens is 1. The van der Waals surface area contributed by atoms with Crippen LogP contribution in [0.2, 0.25) is 0 Å². The maximum atomic E-state index is 11.4. The lowest BCUT2D eigenvalue weighted by molar-refractivity contribution is 0.611. The van der Waals surface area contributed by atoms with Crippen molar-refractivity contribution in [3.63, 3.8) is 0 Å². The third-order valence-electron chi connectivity index (χ3n) is 3.49. The van der Waals surface area contributed by atoms with Crippen LogP contribution in [-0.2, 0) is 6.42 Å². The zero-order valence-corrected chi connectivity index (χ0v) is 11.6. The van der Waals surface area contributed by atoms with E-state index < -0.39 is 0 Å². The molecular weight excluding hydrogens is 250 g/mol. The van der Waals surface area contributed by atoms with E-state index in [0.717, 1.165) is 23.2 Å². The highest BCUT2D eigenvalue weighted by Crippen LogP contribution is 2.24. The highest BCUT2D eigenvalue weighted by Gasteiger charge is 2.09. The molecule has 2 aliphatic rings. The van der Waals surface area contributed by atoms with Crippen molar-refractivity contribution in [1.29, 1.82) is 0 Å². The molecule has 3 heteroatoms. The molecule has 0 bridgehead atoms. The molecule has 102 valence electrons. The Kier molecular flexibility index (Phi) is 3.50. The zero-order chi connectivity index (χ0) is 13.9. The highest BCUT2D eigenvalue weighted by atomic mass is 16.3. The van der Waals surface area contributed by atoms with Gasteiger partial charge in [-0.1, -0.05) is 25.8 Å². The maximum absolute atomic E-state index is 11.4. The quantitative estimate of drug-likeness (QED) is 0.529. The molecule has 1 heterocycles. The average molecular weight is 267 g/mol. The van der Waals surface area contributed by atoms with E-state index >= 15 is 0 Å². The first kappa shape index (κ1) is 12.9. The minimum absolute atomic E-state index is 0.0542. The number of aryl methyl sites for hydroxylation is 1. The van der Waals surface area contributed by atoms with Gasteiger partial charge in [0.05, 0.1) is 0 Å². The Bertz CT molecular complexity index is 760. The number of fused-ring (bicyclic) bond motifs is 2. The van der Waals surface area contributed by atoms with Gasteiger partial charge in [0.25, 0.3) is 0 Å². The van der Waals surface area contributed by atoms with E-state index in [1.807, 2.05) is 12.1 Å². The van der Waals surface area contributed by atoms with Gasteiger partial charge in [-0.3, -0.25) is 4.79 Å². The Hall–Kier alpha value is -2.16. The largest absolute Gasteiger partial charge is 0.453 e. The first-order valence-electron chi connectivity index (χ1n) is 7.10. The van der Waals surface area contributed by atoms with Crippen LogP contribution in [0.3, 0.4) is 0 Å². The van der Waals surface area contributed by atoms with Crippen LogP contribution in [-0.4, -0.2) is 4.98 Å². The van der Waals surface area contributed by atoms with Crippen molar-refractivity contribution >= 4 is 11.1 Å². The molecular formula is C17H17NO2. The van der Waals surface area contributed by atoms with Crippen LogP contribution in [0.5, 0.6) is 0 Å². The van der Waals surface area contributed by atoms with Crippen molar-refractivity contribution in [1.82, 2.24) is 4.98 Å². The minimum Gasteiger partial charge on any atom is -0.453 e. The van der Waals surface area contributed by atoms with E-state index in [0.29, 0.717) is 5.76 Å². The van der Waals surface area contributed by atoms with Gasteiger partial charge in [-0.15, -0.1) is 0 Å². The van der Waals surface area contributed by atoms with Gasteiger partial charge in [0, 0.05) is 6.07 Å². The summed E-state index contributed by atoms with van der Waals surface area (Å²) in [6, 6.07) is 10.8. The second-order valence-electron chi connectivity index (χ2n) is 5.10. The number of unbranched alkanes of at least 4 members (excludes halogenated alkanes) is 2. The third-order valence-corrected chi connectivity index (χ3v) is 3.49. The Labute approximate surface area is 117 Å².